The van der Waals surface area contributed by atoms with Crippen LogP contribution >= 0.6 is 11.3 Å². The molecule has 0 aliphatic rings. The topological polar surface area (TPSA) is 56.7 Å². The number of rotatable bonds is 6. The minimum Gasteiger partial charge on any atom is -0.454 e. The lowest BCUT2D eigenvalue weighted by atomic mass is 10.1. The van der Waals surface area contributed by atoms with Crippen molar-refractivity contribution in [1.29, 1.82) is 0 Å². The molecule has 0 aliphatic heterocycles. The third-order valence-corrected chi connectivity index (χ3v) is 11.2. The molecule has 0 amide bonds. The SMILES string of the molecule is C/C=C\C=C/C(C)c1nc(-c2ccccc2)nc(-c2cc(-n3c4ccccc4c4ccc5c6ccccc6oc5c43)cc3c2sc2ccccc23)n1. The van der Waals surface area contributed by atoms with E-state index in [-0.39, 0.29) is 5.92 Å². The summed E-state index contributed by atoms with van der Waals surface area (Å²) in [5.41, 5.74) is 6.86. The van der Waals surface area contributed by atoms with Gasteiger partial charge in [-0.1, -0.05) is 122 Å². The number of para-hydroxylation sites is 2. The minimum absolute atomic E-state index is 0.0276. The number of aromatic nitrogens is 4. The molecule has 1 unspecified atom stereocenters. The van der Waals surface area contributed by atoms with Gasteiger partial charge in [0, 0.05) is 64.4 Å². The second-order valence-electron chi connectivity index (χ2n) is 13.2. The Morgan fingerprint density at radius 3 is 2.25 bits per heavy atom. The summed E-state index contributed by atoms with van der Waals surface area (Å²) in [6, 6.07) is 44.8. The number of fused-ring (bicyclic) bond motifs is 10. The molecule has 0 aliphatic carbocycles. The number of benzene rings is 6. The van der Waals surface area contributed by atoms with E-state index in [1.807, 2.05) is 49.4 Å². The van der Waals surface area contributed by atoms with Crippen LogP contribution < -0.4 is 0 Å². The fourth-order valence-electron chi connectivity index (χ4n) is 7.47. The Kier molecular flexibility index (Phi) is 7.11. The Morgan fingerprint density at radius 2 is 1.38 bits per heavy atom. The summed E-state index contributed by atoms with van der Waals surface area (Å²) in [4.78, 5) is 15.5. The summed E-state index contributed by atoms with van der Waals surface area (Å²) < 4.78 is 11.4. The summed E-state index contributed by atoms with van der Waals surface area (Å²) in [6.45, 7) is 4.15. The highest BCUT2D eigenvalue weighted by atomic mass is 32.1. The molecule has 4 aromatic heterocycles. The summed E-state index contributed by atoms with van der Waals surface area (Å²) in [5, 5.41) is 6.91. The van der Waals surface area contributed by atoms with E-state index in [0.717, 1.165) is 65.7 Å². The molecule has 10 rings (SSSR count). The van der Waals surface area contributed by atoms with Gasteiger partial charge in [-0.25, -0.2) is 15.0 Å². The Balaban J connectivity index is 1.32. The van der Waals surface area contributed by atoms with E-state index < -0.39 is 0 Å². The standard InChI is InChI=1S/C46H32N4OS/c1-3-4-6-15-28(2)44-47-45(29-16-7-5-8-17-29)49-46(48-44)37-27-30(26-36-33-20-11-14-23-40(33)52-43(36)37)50-38-21-12-9-18-31(38)34-24-25-35-32-19-10-13-22-39(32)51-42(35)41(34)50/h3-28H,1-2H3/b4-3-,15-6-. The fourth-order valence-corrected chi connectivity index (χ4v) is 8.66. The Labute approximate surface area is 303 Å². The van der Waals surface area contributed by atoms with Gasteiger partial charge in [-0.05, 0) is 43.3 Å². The Bertz CT molecular complexity index is 3060. The van der Waals surface area contributed by atoms with E-state index in [1.165, 1.54) is 20.9 Å². The number of allylic oxidation sites excluding steroid dienone is 4. The van der Waals surface area contributed by atoms with E-state index in [0.29, 0.717) is 11.6 Å². The lowest BCUT2D eigenvalue weighted by Gasteiger charge is -2.14. The van der Waals surface area contributed by atoms with Crippen molar-refractivity contribution in [2.24, 2.45) is 0 Å². The van der Waals surface area contributed by atoms with Crippen molar-refractivity contribution in [3.63, 3.8) is 0 Å². The normalized spacial score (nSPS) is 13.0. The summed E-state index contributed by atoms with van der Waals surface area (Å²) in [6.07, 6.45) is 8.25. The molecule has 0 bridgehead atoms. The van der Waals surface area contributed by atoms with Gasteiger partial charge in [0.25, 0.3) is 0 Å². The first-order valence-corrected chi connectivity index (χ1v) is 18.4. The smallest absolute Gasteiger partial charge is 0.165 e. The van der Waals surface area contributed by atoms with Gasteiger partial charge in [0.15, 0.2) is 17.2 Å². The van der Waals surface area contributed by atoms with Crippen molar-refractivity contribution >= 4 is 75.3 Å². The number of nitrogens with zero attached hydrogens (tertiary/aromatic N) is 4. The maximum absolute atomic E-state index is 6.70. The molecule has 0 spiro atoms. The molecular weight excluding hydrogens is 657 g/mol. The van der Waals surface area contributed by atoms with Crippen molar-refractivity contribution in [1.82, 2.24) is 19.5 Å². The zero-order chi connectivity index (χ0) is 34.8. The lowest BCUT2D eigenvalue weighted by molar-refractivity contribution is 0.671. The van der Waals surface area contributed by atoms with Crippen LogP contribution in [-0.4, -0.2) is 19.5 Å². The first-order chi connectivity index (χ1) is 25.7. The van der Waals surface area contributed by atoms with Gasteiger partial charge < -0.3 is 8.98 Å². The third-order valence-electron chi connectivity index (χ3n) is 9.94. The van der Waals surface area contributed by atoms with Gasteiger partial charge in [0.1, 0.15) is 11.4 Å². The molecule has 0 fully saturated rings. The second-order valence-corrected chi connectivity index (χ2v) is 14.2. The zero-order valence-corrected chi connectivity index (χ0v) is 29.4. The van der Waals surface area contributed by atoms with Gasteiger partial charge in [-0.15, -0.1) is 11.3 Å². The quantitative estimate of drug-likeness (QED) is 0.163. The molecule has 0 radical (unpaired) electrons. The Morgan fingerprint density at radius 1 is 0.654 bits per heavy atom. The summed E-state index contributed by atoms with van der Waals surface area (Å²) in [5.74, 6) is 2.01. The maximum Gasteiger partial charge on any atom is 0.165 e. The number of hydrogen-bond donors (Lipinski definition) is 0. The van der Waals surface area contributed by atoms with Gasteiger partial charge >= 0.3 is 0 Å². The van der Waals surface area contributed by atoms with Crippen molar-refractivity contribution in [3.8, 4) is 28.5 Å². The van der Waals surface area contributed by atoms with Crippen LogP contribution in [-0.2, 0) is 0 Å². The van der Waals surface area contributed by atoms with E-state index >= 15 is 0 Å². The van der Waals surface area contributed by atoms with E-state index in [2.05, 4.69) is 121 Å². The molecule has 10 aromatic rings. The molecule has 1 atom stereocenters. The largest absolute Gasteiger partial charge is 0.454 e. The van der Waals surface area contributed by atoms with Crippen molar-refractivity contribution in [2.75, 3.05) is 0 Å². The first kappa shape index (κ1) is 30.5. The molecule has 5 nitrogen and oxygen atoms in total. The van der Waals surface area contributed by atoms with Crippen LogP contribution in [0.5, 0.6) is 0 Å². The van der Waals surface area contributed by atoms with Crippen LogP contribution in [0, 0.1) is 0 Å². The van der Waals surface area contributed by atoms with Gasteiger partial charge in [0.2, 0.25) is 0 Å². The van der Waals surface area contributed by atoms with Gasteiger partial charge in [0.05, 0.1) is 11.0 Å². The molecule has 0 N–H and O–H groups in total. The lowest BCUT2D eigenvalue weighted by Crippen LogP contribution is -2.05. The number of thiophene rings is 1. The van der Waals surface area contributed by atoms with Crippen molar-refractivity contribution in [2.45, 2.75) is 19.8 Å². The summed E-state index contributed by atoms with van der Waals surface area (Å²) >= 11 is 1.78. The molecule has 52 heavy (non-hydrogen) atoms. The predicted octanol–water partition coefficient (Wildman–Crippen LogP) is 12.8. The minimum atomic E-state index is -0.0276. The molecule has 6 heteroatoms. The van der Waals surface area contributed by atoms with E-state index in [1.54, 1.807) is 11.3 Å². The van der Waals surface area contributed by atoms with Crippen LogP contribution in [0.1, 0.15) is 25.6 Å². The molecule has 6 aromatic carbocycles. The van der Waals surface area contributed by atoms with Gasteiger partial charge in [-0.2, -0.15) is 0 Å². The summed E-state index contributed by atoms with van der Waals surface area (Å²) in [7, 11) is 0. The first-order valence-electron chi connectivity index (χ1n) is 17.6. The van der Waals surface area contributed by atoms with Crippen LogP contribution in [0.25, 0.3) is 92.4 Å². The molecule has 248 valence electrons. The molecular formula is C46H32N4OS. The molecule has 0 saturated heterocycles. The highest BCUT2D eigenvalue weighted by Gasteiger charge is 2.23. The van der Waals surface area contributed by atoms with E-state index in [9.17, 15) is 0 Å². The van der Waals surface area contributed by atoms with Crippen LogP contribution in [0.3, 0.4) is 0 Å². The number of furan rings is 1. The number of hydrogen-bond acceptors (Lipinski definition) is 5. The highest BCUT2D eigenvalue weighted by molar-refractivity contribution is 7.26. The average molecular weight is 689 g/mol. The predicted molar refractivity (Wildman–Crippen MR) is 218 cm³/mol. The van der Waals surface area contributed by atoms with Crippen LogP contribution in [0.4, 0.5) is 0 Å². The second kappa shape index (κ2) is 12.1. The van der Waals surface area contributed by atoms with Crippen molar-refractivity contribution < 1.29 is 4.42 Å². The van der Waals surface area contributed by atoms with Gasteiger partial charge in [-0.3, -0.25) is 0 Å². The zero-order valence-electron chi connectivity index (χ0n) is 28.6. The third kappa shape index (κ3) is 4.79. The van der Waals surface area contributed by atoms with Crippen molar-refractivity contribution in [3.05, 3.63) is 158 Å². The molecule has 0 saturated carbocycles. The average Bonchev–Trinajstić information content (AvgIpc) is 3.87. The highest BCUT2D eigenvalue weighted by Crippen LogP contribution is 2.44. The monoisotopic (exact) mass is 688 g/mol. The van der Waals surface area contributed by atoms with Crippen LogP contribution in [0.15, 0.2) is 156 Å². The molecule has 4 heterocycles. The maximum atomic E-state index is 6.70. The van der Waals surface area contributed by atoms with Crippen LogP contribution in [0.2, 0.25) is 0 Å². The fraction of sp³-hybridized carbons (Fsp3) is 0.0652. The van der Waals surface area contributed by atoms with E-state index in [4.69, 9.17) is 19.4 Å². The Hall–Kier alpha value is -6.37.